The number of imidazole rings is 1. The molecule has 3 heteroatoms. The highest BCUT2D eigenvalue weighted by molar-refractivity contribution is 5.28. The monoisotopic (exact) mass is 187 g/mol. The second kappa shape index (κ2) is 3.96. The Morgan fingerprint density at radius 3 is 2.71 bits per heavy atom. The summed E-state index contributed by atoms with van der Waals surface area (Å²) < 4.78 is 0. The Morgan fingerprint density at radius 2 is 2.07 bits per heavy atom. The number of anilines is 1. The lowest BCUT2D eigenvalue weighted by Gasteiger charge is -2.03. The van der Waals surface area contributed by atoms with E-state index in [0.717, 1.165) is 12.5 Å². The van der Waals surface area contributed by atoms with Crippen LogP contribution in [0.5, 0.6) is 0 Å². The van der Waals surface area contributed by atoms with Gasteiger partial charge < -0.3 is 10.3 Å². The number of aromatic amines is 1. The number of aryl methyl sites for hydroxylation is 1. The van der Waals surface area contributed by atoms with Gasteiger partial charge in [0.15, 0.2) is 5.95 Å². The van der Waals surface area contributed by atoms with Crippen molar-refractivity contribution in [2.24, 2.45) is 0 Å². The van der Waals surface area contributed by atoms with Crippen LogP contribution in [0.25, 0.3) is 0 Å². The van der Waals surface area contributed by atoms with E-state index in [1.165, 1.54) is 11.1 Å². The summed E-state index contributed by atoms with van der Waals surface area (Å²) in [6, 6.07) is 8.45. The molecular weight excluding hydrogens is 174 g/mol. The Balaban J connectivity index is 1.95. The smallest absolute Gasteiger partial charge is 0.200 e. The predicted molar refractivity (Wildman–Crippen MR) is 57.1 cm³/mol. The first-order valence-electron chi connectivity index (χ1n) is 4.63. The van der Waals surface area contributed by atoms with Crippen LogP contribution in [0.4, 0.5) is 5.95 Å². The zero-order chi connectivity index (χ0) is 9.80. The minimum atomic E-state index is 0.799. The Morgan fingerprint density at radius 1 is 1.29 bits per heavy atom. The van der Waals surface area contributed by atoms with E-state index in [2.05, 4.69) is 46.5 Å². The average molecular weight is 187 g/mol. The van der Waals surface area contributed by atoms with E-state index in [-0.39, 0.29) is 0 Å². The summed E-state index contributed by atoms with van der Waals surface area (Å²) in [6.45, 7) is 2.89. The first-order valence-corrected chi connectivity index (χ1v) is 4.63. The van der Waals surface area contributed by atoms with Gasteiger partial charge in [-0.3, -0.25) is 0 Å². The molecule has 0 aliphatic rings. The largest absolute Gasteiger partial charge is 0.352 e. The molecule has 1 heterocycles. The van der Waals surface area contributed by atoms with Crippen LogP contribution in [0.2, 0.25) is 0 Å². The molecule has 0 spiro atoms. The molecule has 2 rings (SSSR count). The maximum Gasteiger partial charge on any atom is 0.200 e. The number of nitrogens with one attached hydrogen (secondary N) is 2. The molecular formula is C11H13N3. The summed E-state index contributed by atoms with van der Waals surface area (Å²) in [7, 11) is 0. The van der Waals surface area contributed by atoms with Crippen LogP contribution in [0.1, 0.15) is 11.1 Å². The molecule has 0 atom stereocenters. The summed E-state index contributed by atoms with van der Waals surface area (Å²) in [5.41, 5.74) is 2.54. The molecule has 14 heavy (non-hydrogen) atoms. The third-order valence-electron chi connectivity index (χ3n) is 2.08. The summed E-state index contributed by atoms with van der Waals surface area (Å²) in [4.78, 5) is 7.08. The lowest BCUT2D eigenvalue weighted by molar-refractivity contribution is 1.09. The minimum Gasteiger partial charge on any atom is -0.352 e. The van der Waals surface area contributed by atoms with Crippen LogP contribution < -0.4 is 5.32 Å². The highest BCUT2D eigenvalue weighted by atomic mass is 15.1. The van der Waals surface area contributed by atoms with Crippen LogP contribution in [-0.4, -0.2) is 9.97 Å². The van der Waals surface area contributed by atoms with Gasteiger partial charge in [-0.15, -0.1) is 0 Å². The van der Waals surface area contributed by atoms with Crippen molar-refractivity contribution in [1.29, 1.82) is 0 Å². The van der Waals surface area contributed by atoms with Gasteiger partial charge in [0.1, 0.15) is 0 Å². The van der Waals surface area contributed by atoms with Crippen LogP contribution in [0, 0.1) is 6.92 Å². The molecule has 0 bridgehead atoms. The van der Waals surface area contributed by atoms with E-state index >= 15 is 0 Å². The number of H-pyrrole nitrogens is 1. The molecule has 2 N–H and O–H groups in total. The van der Waals surface area contributed by atoms with Crippen LogP contribution in [0.15, 0.2) is 36.7 Å². The Bertz CT molecular complexity index is 375. The topological polar surface area (TPSA) is 40.7 Å². The van der Waals surface area contributed by atoms with Gasteiger partial charge in [-0.05, 0) is 12.5 Å². The second-order valence-electron chi connectivity index (χ2n) is 3.28. The lowest BCUT2D eigenvalue weighted by Crippen LogP contribution is -2.00. The third-order valence-corrected chi connectivity index (χ3v) is 2.08. The molecule has 0 fully saturated rings. The van der Waals surface area contributed by atoms with Gasteiger partial charge in [0.2, 0.25) is 0 Å². The van der Waals surface area contributed by atoms with E-state index in [4.69, 9.17) is 0 Å². The maximum absolute atomic E-state index is 4.08. The van der Waals surface area contributed by atoms with Crippen LogP contribution >= 0.6 is 0 Å². The predicted octanol–water partition coefficient (Wildman–Crippen LogP) is 2.33. The first-order chi connectivity index (χ1) is 6.84. The molecule has 1 aromatic carbocycles. The van der Waals surface area contributed by atoms with Crippen LogP contribution in [-0.2, 0) is 6.54 Å². The van der Waals surface area contributed by atoms with Gasteiger partial charge in [0.05, 0.1) is 0 Å². The standard InChI is InChI=1S/C11H13N3/c1-9-2-4-10(5-3-9)8-14-11-12-6-7-13-11/h2-7H,8H2,1H3,(H2,12,13,14). The SMILES string of the molecule is Cc1ccc(CNc2ncc[nH]2)cc1. The van der Waals surface area contributed by atoms with Crippen molar-refractivity contribution in [3.8, 4) is 0 Å². The number of nitrogens with zero attached hydrogens (tertiary/aromatic N) is 1. The highest BCUT2D eigenvalue weighted by Crippen LogP contribution is 2.05. The summed E-state index contributed by atoms with van der Waals surface area (Å²) in [5.74, 6) is 0.811. The van der Waals surface area contributed by atoms with Crippen molar-refractivity contribution in [3.05, 3.63) is 47.8 Å². The van der Waals surface area contributed by atoms with E-state index in [9.17, 15) is 0 Å². The van der Waals surface area contributed by atoms with Gasteiger partial charge in [0.25, 0.3) is 0 Å². The quantitative estimate of drug-likeness (QED) is 0.774. The summed E-state index contributed by atoms with van der Waals surface area (Å²) in [5, 5.41) is 3.19. The zero-order valence-electron chi connectivity index (χ0n) is 8.12. The molecule has 72 valence electrons. The van der Waals surface area contributed by atoms with E-state index in [0.29, 0.717) is 0 Å². The van der Waals surface area contributed by atoms with Gasteiger partial charge in [-0.25, -0.2) is 4.98 Å². The molecule has 3 nitrogen and oxygen atoms in total. The fourth-order valence-electron chi connectivity index (χ4n) is 1.25. The lowest BCUT2D eigenvalue weighted by atomic mass is 10.1. The van der Waals surface area contributed by atoms with Crippen molar-refractivity contribution in [3.63, 3.8) is 0 Å². The summed E-state index contributed by atoms with van der Waals surface area (Å²) >= 11 is 0. The van der Waals surface area contributed by atoms with E-state index in [1.54, 1.807) is 12.4 Å². The van der Waals surface area contributed by atoms with Crippen molar-refractivity contribution in [1.82, 2.24) is 9.97 Å². The number of aromatic nitrogens is 2. The second-order valence-corrected chi connectivity index (χ2v) is 3.28. The molecule has 0 radical (unpaired) electrons. The zero-order valence-corrected chi connectivity index (χ0v) is 8.12. The molecule has 0 amide bonds. The van der Waals surface area contributed by atoms with Crippen LogP contribution in [0.3, 0.4) is 0 Å². The molecule has 0 aliphatic heterocycles. The Hall–Kier alpha value is -1.77. The number of rotatable bonds is 3. The number of hydrogen-bond acceptors (Lipinski definition) is 2. The maximum atomic E-state index is 4.08. The van der Waals surface area contributed by atoms with Crippen molar-refractivity contribution in [2.75, 3.05) is 5.32 Å². The molecule has 1 aromatic heterocycles. The normalized spacial score (nSPS) is 10.1. The van der Waals surface area contributed by atoms with Gasteiger partial charge in [0, 0.05) is 18.9 Å². The third kappa shape index (κ3) is 2.13. The van der Waals surface area contributed by atoms with Gasteiger partial charge in [-0.1, -0.05) is 29.8 Å². The molecule has 2 aromatic rings. The number of hydrogen-bond donors (Lipinski definition) is 2. The van der Waals surface area contributed by atoms with Crippen molar-refractivity contribution < 1.29 is 0 Å². The fraction of sp³-hybridized carbons (Fsp3) is 0.182. The average Bonchev–Trinajstić information content (AvgIpc) is 2.70. The van der Waals surface area contributed by atoms with E-state index < -0.39 is 0 Å². The van der Waals surface area contributed by atoms with Crippen molar-refractivity contribution in [2.45, 2.75) is 13.5 Å². The Kier molecular flexibility index (Phi) is 2.49. The molecule has 0 unspecified atom stereocenters. The fourth-order valence-corrected chi connectivity index (χ4v) is 1.25. The van der Waals surface area contributed by atoms with E-state index in [1.807, 2.05) is 0 Å². The molecule has 0 saturated heterocycles. The molecule has 0 saturated carbocycles. The Labute approximate surface area is 83.2 Å². The molecule has 0 aliphatic carbocycles. The van der Waals surface area contributed by atoms with Gasteiger partial charge in [-0.2, -0.15) is 0 Å². The number of benzene rings is 1. The minimum absolute atomic E-state index is 0.799. The van der Waals surface area contributed by atoms with Crippen molar-refractivity contribution >= 4 is 5.95 Å². The highest BCUT2D eigenvalue weighted by Gasteiger charge is 1.94. The summed E-state index contributed by atoms with van der Waals surface area (Å²) in [6.07, 6.45) is 3.54. The van der Waals surface area contributed by atoms with Gasteiger partial charge >= 0.3 is 0 Å². The first kappa shape index (κ1) is 8.81.